The van der Waals surface area contributed by atoms with Crippen molar-refractivity contribution < 1.29 is 9.59 Å². The lowest BCUT2D eigenvalue weighted by atomic mass is 10.0. The fourth-order valence-corrected chi connectivity index (χ4v) is 4.03. The van der Waals surface area contributed by atoms with Gasteiger partial charge in [-0.05, 0) is 50.1 Å². The maximum absolute atomic E-state index is 13.0. The summed E-state index contributed by atoms with van der Waals surface area (Å²) < 4.78 is 0. The van der Waals surface area contributed by atoms with E-state index in [4.69, 9.17) is 0 Å². The molecule has 1 N–H and O–H groups in total. The first kappa shape index (κ1) is 22.0. The third kappa shape index (κ3) is 5.48. The van der Waals surface area contributed by atoms with E-state index in [1.54, 1.807) is 6.92 Å². The molecule has 30 heavy (non-hydrogen) atoms. The van der Waals surface area contributed by atoms with Crippen molar-refractivity contribution in [3.63, 3.8) is 0 Å². The standard InChI is InChI=1S/C25H33N3O2/c1-4-8-24(22-9-6-5-7-10-22)26-25(30)19(2)27-15-17-28(18-16-27)23-13-11-21(12-14-23)20(3)29/h5-7,9-14,19,24H,4,8,15-18H2,1-3H3,(H,26,30)/t19-,24+/m1/s1. The third-order valence-corrected chi connectivity index (χ3v) is 5.98. The van der Waals surface area contributed by atoms with Crippen LogP contribution in [0.15, 0.2) is 54.6 Å². The number of amides is 1. The minimum Gasteiger partial charge on any atom is -0.369 e. The van der Waals surface area contributed by atoms with Crippen LogP contribution in [-0.4, -0.2) is 48.8 Å². The van der Waals surface area contributed by atoms with Gasteiger partial charge in [-0.3, -0.25) is 14.5 Å². The van der Waals surface area contributed by atoms with E-state index in [0.717, 1.165) is 50.3 Å². The monoisotopic (exact) mass is 407 g/mol. The molecule has 0 spiro atoms. The van der Waals surface area contributed by atoms with Gasteiger partial charge in [-0.1, -0.05) is 43.7 Å². The van der Waals surface area contributed by atoms with Crippen molar-refractivity contribution in [1.82, 2.24) is 10.2 Å². The summed E-state index contributed by atoms with van der Waals surface area (Å²) in [7, 11) is 0. The Morgan fingerprint density at radius 3 is 2.17 bits per heavy atom. The second kappa shape index (κ2) is 10.4. The Morgan fingerprint density at radius 2 is 1.60 bits per heavy atom. The summed E-state index contributed by atoms with van der Waals surface area (Å²) in [6.07, 6.45) is 1.96. The molecule has 5 nitrogen and oxygen atoms in total. The van der Waals surface area contributed by atoms with Crippen molar-refractivity contribution in [2.45, 2.75) is 45.7 Å². The predicted molar refractivity (Wildman–Crippen MR) is 122 cm³/mol. The number of piperazine rings is 1. The summed E-state index contributed by atoms with van der Waals surface area (Å²) >= 11 is 0. The van der Waals surface area contributed by atoms with Crippen LogP contribution in [0.2, 0.25) is 0 Å². The van der Waals surface area contributed by atoms with Gasteiger partial charge in [0.1, 0.15) is 0 Å². The lowest BCUT2D eigenvalue weighted by Crippen LogP contribution is -2.54. The van der Waals surface area contributed by atoms with Gasteiger partial charge in [0.25, 0.3) is 0 Å². The molecule has 1 aliphatic heterocycles. The first-order chi connectivity index (χ1) is 14.5. The molecule has 5 heteroatoms. The van der Waals surface area contributed by atoms with Gasteiger partial charge in [-0.2, -0.15) is 0 Å². The molecular formula is C25H33N3O2. The molecule has 1 saturated heterocycles. The smallest absolute Gasteiger partial charge is 0.237 e. The minimum absolute atomic E-state index is 0.0622. The molecule has 0 aliphatic carbocycles. The van der Waals surface area contributed by atoms with E-state index in [0.29, 0.717) is 0 Å². The molecule has 2 atom stereocenters. The van der Waals surface area contributed by atoms with Gasteiger partial charge in [-0.25, -0.2) is 0 Å². The van der Waals surface area contributed by atoms with Crippen LogP contribution in [0.4, 0.5) is 5.69 Å². The zero-order valence-corrected chi connectivity index (χ0v) is 18.3. The summed E-state index contributed by atoms with van der Waals surface area (Å²) in [4.78, 5) is 29.0. The van der Waals surface area contributed by atoms with E-state index < -0.39 is 0 Å². The maximum atomic E-state index is 13.0. The second-order valence-corrected chi connectivity index (χ2v) is 8.06. The average molecular weight is 408 g/mol. The van der Waals surface area contributed by atoms with E-state index in [1.165, 1.54) is 5.56 Å². The van der Waals surface area contributed by atoms with Crippen molar-refractivity contribution in [3.8, 4) is 0 Å². The first-order valence-electron chi connectivity index (χ1n) is 10.9. The second-order valence-electron chi connectivity index (χ2n) is 8.06. The van der Waals surface area contributed by atoms with E-state index in [-0.39, 0.29) is 23.8 Å². The Hall–Kier alpha value is -2.66. The lowest BCUT2D eigenvalue weighted by Gasteiger charge is -2.39. The number of ketones is 1. The quantitative estimate of drug-likeness (QED) is 0.671. The van der Waals surface area contributed by atoms with Crippen LogP contribution in [0.25, 0.3) is 0 Å². The molecule has 3 rings (SSSR count). The topological polar surface area (TPSA) is 52.7 Å². The average Bonchev–Trinajstić information content (AvgIpc) is 2.79. The molecule has 2 aromatic carbocycles. The van der Waals surface area contributed by atoms with Gasteiger partial charge in [0.15, 0.2) is 5.78 Å². The number of Topliss-reactive ketones (excluding diaryl/α,β-unsaturated/α-hetero) is 1. The highest BCUT2D eigenvalue weighted by atomic mass is 16.2. The van der Waals surface area contributed by atoms with Crippen molar-refractivity contribution in [3.05, 3.63) is 65.7 Å². The van der Waals surface area contributed by atoms with Crippen molar-refractivity contribution in [2.75, 3.05) is 31.1 Å². The highest BCUT2D eigenvalue weighted by molar-refractivity contribution is 5.94. The highest BCUT2D eigenvalue weighted by Gasteiger charge is 2.27. The maximum Gasteiger partial charge on any atom is 0.237 e. The molecule has 1 fully saturated rings. The van der Waals surface area contributed by atoms with E-state index >= 15 is 0 Å². The number of anilines is 1. The Kier molecular flexibility index (Phi) is 7.63. The Balaban J connectivity index is 1.55. The summed E-state index contributed by atoms with van der Waals surface area (Å²) in [6.45, 7) is 9.15. The van der Waals surface area contributed by atoms with Gasteiger partial charge < -0.3 is 10.2 Å². The molecule has 0 unspecified atom stereocenters. The Bertz CT molecular complexity index is 827. The number of rotatable bonds is 8. The summed E-state index contributed by atoms with van der Waals surface area (Å²) in [6, 6.07) is 17.9. The van der Waals surface area contributed by atoms with Gasteiger partial charge in [0.2, 0.25) is 5.91 Å². The van der Waals surface area contributed by atoms with Crippen molar-refractivity contribution in [1.29, 1.82) is 0 Å². The number of nitrogens with zero attached hydrogens (tertiary/aromatic N) is 2. The normalized spacial score (nSPS) is 16.7. The Labute approximate surface area is 180 Å². The largest absolute Gasteiger partial charge is 0.369 e. The van der Waals surface area contributed by atoms with E-state index in [2.05, 4.69) is 34.2 Å². The van der Waals surface area contributed by atoms with Gasteiger partial charge in [0, 0.05) is 37.4 Å². The number of nitrogens with one attached hydrogen (secondary N) is 1. The summed E-state index contributed by atoms with van der Waals surface area (Å²) in [5.41, 5.74) is 3.03. The fourth-order valence-electron chi connectivity index (χ4n) is 4.03. The Morgan fingerprint density at radius 1 is 0.967 bits per heavy atom. The predicted octanol–water partition coefficient (Wildman–Crippen LogP) is 4.06. The molecule has 0 radical (unpaired) electrons. The summed E-state index contributed by atoms with van der Waals surface area (Å²) in [5.74, 6) is 0.180. The van der Waals surface area contributed by atoms with Crippen LogP contribution < -0.4 is 10.2 Å². The van der Waals surface area contributed by atoms with E-state index in [1.807, 2.05) is 49.4 Å². The van der Waals surface area contributed by atoms with Gasteiger partial charge in [-0.15, -0.1) is 0 Å². The zero-order chi connectivity index (χ0) is 21.5. The van der Waals surface area contributed by atoms with Crippen molar-refractivity contribution >= 4 is 17.4 Å². The number of hydrogen-bond donors (Lipinski definition) is 1. The molecule has 1 heterocycles. The highest BCUT2D eigenvalue weighted by Crippen LogP contribution is 2.21. The third-order valence-electron chi connectivity index (χ3n) is 5.98. The molecule has 1 amide bonds. The summed E-state index contributed by atoms with van der Waals surface area (Å²) in [5, 5.41) is 3.26. The first-order valence-corrected chi connectivity index (χ1v) is 10.9. The molecule has 2 aromatic rings. The molecule has 0 aromatic heterocycles. The molecule has 1 aliphatic rings. The van der Waals surface area contributed by atoms with Crippen molar-refractivity contribution in [2.24, 2.45) is 0 Å². The number of hydrogen-bond acceptors (Lipinski definition) is 4. The molecule has 0 bridgehead atoms. The number of carbonyl (C=O) groups is 2. The molecule has 0 saturated carbocycles. The SMILES string of the molecule is CCC[C@H](NC(=O)[C@@H](C)N1CCN(c2ccc(C(C)=O)cc2)CC1)c1ccccc1. The number of benzene rings is 2. The zero-order valence-electron chi connectivity index (χ0n) is 18.3. The van der Waals surface area contributed by atoms with Crippen LogP contribution in [0.3, 0.4) is 0 Å². The van der Waals surface area contributed by atoms with Gasteiger partial charge in [0.05, 0.1) is 12.1 Å². The van der Waals surface area contributed by atoms with Crippen LogP contribution in [0.5, 0.6) is 0 Å². The van der Waals surface area contributed by atoms with Crippen LogP contribution in [0, 0.1) is 0 Å². The lowest BCUT2D eigenvalue weighted by molar-refractivity contribution is -0.126. The number of carbonyl (C=O) groups excluding carboxylic acids is 2. The molecule has 160 valence electrons. The van der Waals surface area contributed by atoms with Gasteiger partial charge >= 0.3 is 0 Å². The van der Waals surface area contributed by atoms with Crippen LogP contribution in [-0.2, 0) is 4.79 Å². The van der Waals surface area contributed by atoms with Crippen LogP contribution in [0.1, 0.15) is 55.6 Å². The minimum atomic E-state index is -0.157. The van der Waals surface area contributed by atoms with Crippen LogP contribution >= 0.6 is 0 Å². The molecular weight excluding hydrogens is 374 g/mol. The van der Waals surface area contributed by atoms with E-state index in [9.17, 15) is 9.59 Å². The fraction of sp³-hybridized carbons (Fsp3) is 0.440.